The van der Waals surface area contributed by atoms with Crippen molar-refractivity contribution in [3.05, 3.63) is 82.1 Å². The number of anilines is 2. The summed E-state index contributed by atoms with van der Waals surface area (Å²) < 4.78 is 7.15. The van der Waals surface area contributed by atoms with Crippen LogP contribution < -0.4 is 15.4 Å². The summed E-state index contributed by atoms with van der Waals surface area (Å²) in [6.07, 6.45) is 3.51. The van der Waals surface area contributed by atoms with Gasteiger partial charge in [-0.15, -0.1) is 0 Å². The third-order valence-electron chi connectivity index (χ3n) is 5.91. The molecule has 1 unspecified atom stereocenters. The summed E-state index contributed by atoms with van der Waals surface area (Å²) in [5, 5.41) is 11.3. The lowest BCUT2D eigenvalue weighted by Gasteiger charge is -2.33. The highest BCUT2D eigenvalue weighted by Crippen LogP contribution is 2.43. The van der Waals surface area contributed by atoms with E-state index in [1.165, 1.54) is 6.20 Å². The number of aromatic nitrogens is 2. The van der Waals surface area contributed by atoms with Crippen molar-refractivity contribution in [3.8, 4) is 5.75 Å². The highest BCUT2D eigenvalue weighted by Gasteiger charge is 2.38. The van der Waals surface area contributed by atoms with Crippen LogP contribution in [-0.2, 0) is 4.79 Å². The van der Waals surface area contributed by atoms with Gasteiger partial charge in [0.05, 0.1) is 12.8 Å². The van der Waals surface area contributed by atoms with E-state index in [1.807, 2.05) is 37.3 Å². The maximum absolute atomic E-state index is 13.1. The fourth-order valence-electron chi connectivity index (χ4n) is 4.41. The summed E-state index contributed by atoms with van der Waals surface area (Å²) in [7, 11) is 0. The number of allylic oxidation sites excluding steroid dienone is 2. The fourth-order valence-corrected chi connectivity index (χ4v) is 4.65. The molecule has 8 heteroatoms. The minimum Gasteiger partial charge on any atom is -0.494 e. The molecule has 0 radical (unpaired) electrons. The largest absolute Gasteiger partial charge is 0.494 e. The molecule has 2 N–H and O–H groups in total. The number of ketones is 1. The van der Waals surface area contributed by atoms with Gasteiger partial charge in [0.1, 0.15) is 23.2 Å². The second-order valence-corrected chi connectivity index (χ2v) is 8.39. The van der Waals surface area contributed by atoms with Gasteiger partial charge in [0.2, 0.25) is 0 Å². The Labute approximate surface area is 196 Å². The van der Waals surface area contributed by atoms with Crippen LogP contribution in [0, 0.1) is 0 Å². The molecule has 1 aliphatic carbocycles. The summed E-state index contributed by atoms with van der Waals surface area (Å²) in [4.78, 5) is 26.1. The molecular formula is C25H23ClN4O3. The van der Waals surface area contributed by atoms with Gasteiger partial charge < -0.3 is 15.4 Å². The van der Waals surface area contributed by atoms with E-state index in [2.05, 4.69) is 15.7 Å². The Morgan fingerprint density at radius 3 is 2.76 bits per heavy atom. The van der Waals surface area contributed by atoms with Crippen molar-refractivity contribution in [2.24, 2.45) is 0 Å². The number of Topliss-reactive ketones (excluding diaryl/α,β-unsaturated/α-hetero) is 1. The van der Waals surface area contributed by atoms with Crippen LogP contribution in [0.4, 0.5) is 11.5 Å². The Hall–Kier alpha value is -3.58. The number of hydrogen-bond acceptors (Lipinski definition) is 5. The first kappa shape index (κ1) is 21.3. The molecule has 1 aromatic heterocycles. The maximum Gasteiger partial charge on any atom is 0.261 e. The average molecular weight is 463 g/mol. The highest BCUT2D eigenvalue weighted by molar-refractivity contribution is 6.31. The third-order valence-corrected chi connectivity index (χ3v) is 6.25. The van der Waals surface area contributed by atoms with E-state index < -0.39 is 6.04 Å². The molecule has 1 aliphatic heterocycles. The number of hydrogen-bond donors (Lipinski definition) is 2. The maximum atomic E-state index is 13.1. The number of carbonyl (C=O) groups is 2. The molecule has 168 valence electrons. The smallest absolute Gasteiger partial charge is 0.261 e. The van der Waals surface area contributed by atoms with Crippen LogP contribution in [0.25, 0.3) is 0 Å². The van der Waals surface area contributed by atoms with E-state index in [-0.39, 0.29) is 11.7 Å². The van der Waals surface area contributed by atoms with Crippen molar-refractivity contribution in [2.75, 3.05) is 17.2 Å². The molecule has 3 aromatic rings. The molecule has 0 spiro atoms. The van der Waals surface area contributed by atoms with Crippen LogP contribution in [0.1, 0.15) is 48.1 Å². The molecule has 1 amide bonds. The standard InChI is InChI=1S/C25H23ClN4O3/c1-2-33-16-12-10-15(11-13-16)28-25(32)18-14-27-30-23(17-6-3-4-7-19(17)26)22-20(29-24(18)30)8-5-9-21(22)31/h3-4,6-7,10-14,23,29H,2,5,8-9H2,1H3,(H,28,32). The number of carbonyl (C=O) groups excluding carboxylic acids is 2. The number of nitrogens with one attached hydrogen (secondary N) is 2. The number of fused-ring (bicyclic) bond motifs is 1. The normalized spacial score (nSPS) is 17.2. The summed E-state index contributed by atoms with van der Waals surface area (Å²) in [5.74, 6) is 1.08. The van der Waals surface area contributed by atoms with Gasteiger partial charge in [-0.2, -0.15) is 5.10 Å². The summed E-state index contributed by atoms with van der Waals surface area (Å²) in [6, 6.07) is 14.2. The molecule has 0 saturated heterocycles. The van der Waals surface area contributed by atoms with Gasteiger partial charge >= 0.3 is 0 Å². The van der Waals surface area contributed by atoms with Crippen LogP contribution >= 0.6 is 11.6 Å². The lowest BCUT2D eigenvalue weighted by Crippen LogP contribution is -2.32. The SMILES string of the molecule is CCOc1ccc(NC(=O)c2cnn3c2NC2=C(C(=O)CCC2)C3c2ccccc2Cl)cc1. The average Bonchev–Trinajstić information content (AvgIpc) is 3.24. The van der Waals surface area contributed by atoms with Gasteiger partial charge in [-0.25, -0.2) is 4.68 Å². The van der Waals surface area contributed by atoms with Crippen LogP contribution in [0.15, 0.2) is 66.0 Å². The molecule has 2 aromatic carbocycles. The Bertz CT molecular complexity index is 1260. The van der Waals surface area contributed by atoms with Crippen LogP contribution in [0.5, 0.6) is 5.75 Å². The predicted molar refractivity (Wildman–Crippen MR) is 127 cm³/mol. The van der Waals surface area contributed by atoms with Gasteiger partial charge in [-0.3, -0.25) is 9.59 Å². The molecule has 1 atom stereocenters. The first-order chi connectivity index (χ1) is 16.1. The zero-order chi connectivity index (χ0) is 22.9. The molecule has 0 saturated carbocycles. The predicted octanol–water partition coefficient (Wildman–Crippen LogP) is 5.21. The summed E-state index contributed by atoms with van der Waals surface area (Å²) in [5.41, 5.74) is 3.33. The second-order valence-electron chi connectivity index (χ2n) is 7.98. The van der Waals surface area contributed by atoms with Crippen molar-refractivity contribution in [3.63, 3.8) is 0 Å². The zero-order valence-electron chi connectivity index (χ0n) is 18.1. The number of benzene rings is 2. The quantitative estimate of drug-likeness (QED) is 0.543. The monoisotopic (exact) mass is 462 g/mol. The molecule has 33 heavy (non-hydrogen) atoms. The van der Waals surface area contributed by atoms with E-state index >= 15 is 0 Å². The molecular weight excluding hydrogens is 440 g/mol. The van der Waals surface area contributed by atoms with Crippen molar-refractivity contribution in [1.29, 1.82) is 0 Å². The summed E-state index contributed by atoms with van der Waals surface area (Å²) in [6.45, 7) is 2.50. The number of ether oxygens (including phenoxy) is 1. The first-order valence-corrected chi connectivity index (χ1v) is 11.3. The molecule has 5 rings (SSSR count). The fraction of sp³-hybridized carbons (Fsp3) is 0.240. The van der Waals surface area contributed by atoms with Gasteiger partial charge in [0.25, 0.3) is 5.91 Å². The lowest BCUT2D eigenvalue weighted by atomic mass is 9.85. The molecule has 7 nitrogen and oxygen atoms in total. The highest BCUT2D eigenvalue weighted by atomic mass is 35.5. The number of rotatable bonds is 5. The van der Waals surface area contributed by atoms with Crippen molar-refractivity contribution in [1.82, 2.24) is 9.78 Å². The first-order valence-electron chi connectivity index (χ1n) is 11.0. The van der Waals surface area contributed by atoms with Gasteiger partial charge in [0, 0.05) is 28.4 Å². The second kappa shape index (κ2) is 8.75. The van der Waals surface area contributed by atoms with Crippen LogP contribution in [-0.4, -0.2) is 28.1 Å². The zero-order valence-corrected chi connectivity index (χ0v) is 18.9. The topological polar surface area (TPSA) is 85.2 Å². The number of nitrogens with zero attached hydrogens (tertiary/aromatic N) is 2. The number of amides is 1. The van der Waals surface area contributed by atoms with Crippen molar-refractivity contribution in [2.45, 2.75) is 32.2 Å². The minimum atomic E-state index is -0.482. The van der Waals surface area contributed by atoms with Crippen LogP contribution in [0.2, 0.25) is 5.02 Å². The van der Waals surface area contributed by atoms with E-state index in [0.29, 0.717) is 40.7 Å². The van der Waals surface area contributed by atoms with E-state index in [9.17, 15) is 9.59 Å². The van der Waals surface area contributed by atoms with Crippen LogP contribution in [0.3, 0.4) is 0 Å². The third kappa shape index (κ3) is 3.89. The molecule has 2 heterocycles. The Morgan fingerprint density at radius 2 is 2.00 bits per heavy atom. The Kier molecular flexibility index (Phi) is 5.64. The van der Waals surface area contributed by atoms with Gasteiger partial charge in [-0.05, 0) is 55.7 Å². The van der Waals surface area contributed by atoms with E-state index in [1.54, 1.807) is 22.9 Å². The molecule has 2 aliphatic rings. The molecule has 0 fully saturated rings. The Morgan fingerprint density at radius 1 is 1.21 bits per heavy atom. The van der Waals surface area contributed by atoms with Gasteiger partial charge in [-0.1, -0.05) is 29.8 Å². The Balaban J connectivity index is 1.52. The lowest BCUT2D eigenvalue weighted by molar-refractivity contribution is -0.116. The molecule has 0 bridgehead atoms. The van der Waals surface area contributed by atoms with Crippen molar-refractivity contribution >= 4 is 34.8 Å². The minimum absolute atomic E-state index is 0.0789. The van der Waals surface area contributed by atoms with Gasteiger partial charge in [0.15, 0.2) is 5.78 Å². The number of halogens is 1. The summed E-state index contributed by atoms with van der Waals surface area (Å²) >= 11 is 6.53. The van der Waals surface area contributed by atoms with Crippen molar-refractivity contribution < 1.29 is 14.3 Å². The van der Waals surface area contributed by atoms with E-state index in [4.69, 9.17) is 16.3 Å². The van der Waals surface area contributed by atoms with E-state index in [0.717, 1.165) is 29.9 Å².